The third-order valence-electron chi connectivity index (χ3n) is 6.50. The molecule has 0 aromatic heterocycles. The highest BCUT2D eigenvalue weighted by atomic mass is 16.5. The lowest BCUT2D eigenvalue weighted by molar-refractivity contribution is -0.124. The van der Waals surface area contributed by atoms with Crippen molar-refractivity contribution in [3.8, 4) is 11.8 Å². The molecule has 1 amide bonds. The summed E-state index contributed by atoms with van der Waals surface area (Å²) in [6, 6.07) is 9.28. The van der Waals surface area contributed by atoms with E-state index in [9.17, 15) is 4.79 Å². The zero-order valence-electron chi connectivity index (χ0n) is 14.1. The average molecular weight is 312 g/mol. The molecule has 0 heterocycles. The minimum Gasteiger partial charge on any atom is -0.482 e. The summed E-state index contributed by atoms with van der Waals surface area (Å²) in [7, 11) is 0. The fourth-order valence-electron chi connectivity index (χ4n) is 4.49. The highest BCUT2D eigenvalue weighted by molar-refractivity contribution is 5.78. The minimum absolute atomic E-state index is 0.0453. The van der Waals surface area contributed by atoms with Crippen LogP contribution in [0.1, 0.15) is 45.6 Å². The van der Waals surface area contributed by atoms with Crippen LogP contribution in [0, 0.1) is 28.1 Å². The standard InChI is InChI=1S/C19H24N2O2/c1-18(2)14-8-9-19(18,3)16(10-14)21-17(22)12-23-15-7-5-4-6-13(15)11-20/h4-7,14,16H,8-10,12H2,1-3H3,(H,21,22). The molecule has 0 radical (unpaired) electrons. The van der Waals surface area contributed by atoms with Crippen molar-refractivity contribution in [3.05, 3.63) is 29.8 Å². The molecule has 2 bridgehead atoms. The second kappa shape index (κ2) is 5.56. The summed E-state index contributed by atoms with van der Waals surface area (Å²) in [4.78, 5) is 12.3. The maximum absolute atomic E-state index is 12.3. The molecule has 3 unspecified atom stereocenters. The van der Waals surface area contributed by atoms with E-state index < -0.39 is 0 Å². The van der Waals surface area contributed by atoms with Gasteiger partial charge >= 0.3 is 0 Å². The van der Waals surface area contributed by atoms with E-state index in [0.29, 0.717) is 17.2 Å². The van der Waals surface area contributed by atoms with Crippen molar-refractivity contribution in [3.63, 3.8) is 0 Å². The first kappa shape index (κ1) is 15.9. The second-order valence-corrected chi connectivity index (χ2v) is 7.63. The van der Waals surface area contributed by atoms with Gasteiger partial charge in [-0.25, -0.2) is 0 Å². The molecule has 3 atom stereocenters. The van der Waals surface area contributed by atoms with Crippen molar-refractivity contribution < 1.29 is 9.53 Å². The predicted molar refractivity (Wildman–Crippen MR) is 87.8 cm³/mol. The molecule has 1 aromatic carbocycles. The van der Waals surface area contributed by atoms with Crippen LogP contribution in [0.3, 0.4) is 0 Å². The second-order valence-electron chi connectivity index (χ2n) is 7.63. The van der Waals surface area contributed by atoms with Gasteiger partial charge in [-0.05, 0) is 48.1 Å². The van der Waals surface area contributed by atoms with Gasteiger partial charge in [0.1, 0.15) is 11.8 Å². The van der Waals surface area contributed by atoms with Crippen LogP contribution in [0.4, 0.5) is 0 Å². The number of amides is 1. The highest BCUT2D eigenvalue weighted by Crippen LogP contribution is 2.65. The molecule has 2 saturated carbocycles. The van der Waals surface area contributed by atoms with E-state index in [1.807, 2.05) is 0 Å². The van der Waals surface area contributed by atoms with Crippen LogP contribution < -0.4 is 10.1 Å². The smallest absolute Gasteiger partial charge is 0.258 e. The van der Waals surface area contributed by atoms with Crippen LogP contribution >= 0.6 is 0 Å². The van der Waals surface area contributed by atoms with E-state index >= 15 is 0 Å². The van der Waals surface area contributed by atoms with Crippen molar-refractivity contribution >= 4 is 5.91 Å². The van der Waals surface area contributed by atoms with Gasteiger partial charge in [-0.15, -0.1) is 0 Å². The summed E-state index contributed by atoms with van der Waals surface area (Å²) in [6.45, 7) is 6.92. The molecule has 4 heteroatoms. The first-order valence-electron chi connectivity index (χ1n) is 8.30. The third kappa shape index (κ3) is 2.49. The Kier molecular flexibility index (Phi) is 3.83. The topological polar surface area (TPSA) is 62.1 Å². The van der Waals surface area contributed by atoms with Crippen LogP contribution in [0.2, 0.25) is 0 Å². The maximum atomic E-state index is 12.3. The largest absolute Gasteiger partial charge is 0.482 e. The van der Waals surface area contributed by atoms with Gasteiger partial charge < -0.3 is 10.1 Å². The molecule has 0 saturated heterocycles. The van der Waals surface area contributed by atoms with Crippen molar-refractivity contribution in [2.45, 2.75) is 46.1 Å². The Labute approximate surface area is 137 Å². The molecule has 1 aromatic rings. The van der Waals surface area contributed by atoms with Gasteiger partial charge in [-0.3, -0.25) is 4.79 Å². The number of hydrogen-bond donors (Lipinski definition) is 1. The first-order chi connectivity index (χ1) is 10.9. The molecule has 122 valence electrons. The van der Waals surface area contributed by atoms with Crippen LogP contribution in [-0.4, -0.2) is 18.6 Å². The predicted octanol–water partition coefficient (Wildman–Crippen LogP) is 3.27. The van der Waals surface area contributed by atoms with Crippen LogP contribution in [0.15, 0.2) is 24.3 Å². The van der Waals surface area contributed by atoms with Gasteiger partial charge in [0.2, 0.25) is 0 Å². The molecule has 0 aliphatic heterocycles. The third-order valence-corrected chi connectivity index (χ3v) is 6.50. The monoisotopic (exact) mass is 312 g/mol. The maximum Gasteiger partial charge on any atom is 0.258 e. The lowest BCUT2D eigenvalue weighted by Crippen LogP contribution is -2.48. The van der Waals surface area contributed by atoms with Gasteiger partial charge in [0.05, 0.1) is 5.56 Å². The Hall–Kier alpha value is -2.02. The number of hydrogen-bond acceptors (Lipinski definition) is 3. The van der Waals surface area contributed by atoms with Crippen molar-refractivity contribution in [1.29, 1.82) is 5.26 Å². The summed E-state index contributed by atoms with van der Waals surface area (Å²) >= 11 is 0. The fraction of sp³-hybridized carbons (Fsp3) is 0.579. The minimum atomic E-state index is -0.104. The lowest BCUT2D eigenvalue weighted by Gasteiger charge is -2.39. The first-order valence-corrected chi connectivity index (χ1v) is 8.30. The molecule has 3 rings (SSSR count). The van der Waals surface area contributed by atoms with Gasteiger partial charge in [-0.2, -0.15) is 5.26 Å². The van der Waals surface area contributed by atoms with Gasteiger partial charge in [0, 0.05) is 6.04 Å². The molecule has 2 aliphatic rings. The number of carbonyl (C=O) groups excluding carboxylic acids is 1. The van der Waals surface area contributed by atoms with Crippen molar-refractivity contribution in [2.75, 3.05) is 6.61 Å². The van der Waals surface area contributed by atoms with E-state index in [1.165, 1.54) is 12.8 Å². The molecular formula is C19H24N2O2. The van der Waals surface area contributed by atoms with E-state index in [1.54, 1.807) is 24.3 Å². The molecule has 2 fully saturated rings. The Morgan fingerprint density at radius 3 is 2.74 bits per heavy atom. The Morgan fingerprint density at radius 1 is 1.39 bits per heavy atom. The van der Waals surface area contributed by atoms with Gasteiger partial charge in [0.15, 0.2) is 6.61 Å². The summed E-state index contributed by atoms with van der Waals surface area (Å²) in [5, 5.41) is 12.2. The SMILES string of the molecule is CC1(C)C2CCC1(C)C(NC(=O)COc1ccccc1C#N)C2. The fourth-order valence-corrected chi connectivity index (χ4v) is 4.49. The van der Waals surface area contributed by atoms with E-state index in [4.69, 9.17) is 10.00 Å². The number of nitriles is 1. The molecule has 23 heavy (non-hydrogen) atoms. The molecular weight excluding hydrogens is 288 g/mol. The molecule has 4 nitrogen and oxygen atoms in total. The number of para-hydroxylation sites is 1. The van der Waals surface area contributed by atoms with E-state index in [-0.39, 0.29) is 29.4 Å². The number of benzene rings is 1. The van der Waals surface area contributed by atoms with Gasteiger partial charge in [0.25, 0.3) is 5.91 Å². The quantitative estimate of drug-likeness (QED) is 0.928. The van der Waals surface area contributed by atoms with Crippen molar-refractivity contribution in [1.82, 2.24) is 5.32 Å². The summed E-state index contributed by atoms with van der Waals surface area (Å²) in [6.07, 6.45) is 3.50. The number of ether oxygens (including phenoxy) is 1. The molecule has 0 spiro atoms. The zero-order valence-corrected chi connectivity index (χ0v) is 14.1. The Morgan fingerprint density at radius 2 is 2.13 bits per heavy atom. The van der Waals surface area contributed by atoms with E-state index in [0.717, 1.165) is 6.42 Å². The summed E-state index contributed by atoms with van der Waals surface area (Å²) in [5.74, 6) is 1.05. The Bertz CT molecular complexity index is 662. The normalized spacial score (nSPS) is 30.7. The molecule has 2 aliphatic carbocycles. The zero-order chi connectivity index (χ0) is 16.7. The molecule has 1 N–H and O–H groups in total. The van der Waals surface area contributed by atoms with E-state index in [2.05, 4.69) is 32.2 Å². The summed E-state index contributed by atoms with van der Waals surface area (Å²) in [5.41, 5.74) is 0.894. The van der Waals surface area contributed by atoms with Gasteiger partial charge in [-0.1, -0.05) is 32.9 Å². The number of fused-ring (bicyclic) bond motifs is 2. The number of nitrogens with one attached hydrogen (secondary N) is 1. The number of rotatable bonds is 4. The summed E-state index contributed by atoms with van der Waals surface area (Å²) < 4.78 is 5.53. The Balaban J connectivity index is 1.60. The van der Waals surface area contributed by atoms with Crippen molar-refractivity contribution in [2.24, 2.45) is 16.7 Å². The lowest BCUT2D eigenvalue weighted by atomic mass is 9.69. The van der Waals surface area contributed by atoms with Crippen LogP contribution in [-0.2, 0) is 4.79 Å². The highest BCUT2D eigenvalue weighted by Gasteiger charge is 2.61. The van der Waals surface area contributed by atoms with Crippen LogP contribution in [0.25, 0.3) is 0 Å². The number of carbonyl (C=O) groups is 1. The number of nitrogens with zero attached hydrogens (tertiary/aromatic N) is 1. The van der Waals surface area contributed by atoms with Crippen LogP contribution in [0.5, 0.6) is 5.75 Å². The average Bonchev–Trinajstić information content (AvgIpc) is 2.86.